The van der Waals surface area contributed by atoms with E-state index >= 15 is 0 Å². The van der Waals surface area contributed by atoms with Crippen molar-refractivity contribution in [3.05, 3.63) is 48.0 Å². The van der Waals surface area contributed by atoms with Gasteiger partial charge in [-0.25, -0.2) is 8.42 Å². The van der Waals surface area contributed by atoms with Gasteiger partial charge in [0.1, 0.15) is 10.6 Å². The molecular formula is C14H13N3O3S. The normalized spacial score (nSPS) is 10.7. The molecule has 0 saturated carbocycles. The number of para-hydroxylation sites is 2. The number of nitrogens with two attached hydrogens (primary N) is 1. The molecule has 108 valence electrons. The molecule has 0 atom stereocenters. The van der Waals surface area contributed by atoms with Crippen LogP contribution in [0.25, 0.3) is 0 Å². The van der Waals surface area contributed by atoms with Crippen molar-refractivity contribution >= 4 is 21.4 Å². The van der Waals surface area contributed by atoms with Crippen LogP contribution in [0.1, 0.15) is 5.56 Å². The number of hydrogen-bond acceptors (Lipinski definition) is 5. The van der Waals surface area contributed by atoms with Gasteiger partial charge in [-0.15, -0.1) is 0 Å². The first-order valence-corrected chi connectivity index (χ1v) is 7.41. The fraction of sp³-hybridized carbons (Fsp3) is 0.0714. The van der Waals surface area contributed by atoms with Crippen molar-refractivity contribution in [2.45, 2.75) is 4.90 Å². The van der Waals surface area contributed by atoms with Crippen LogP contribution in [0.2, 0.25) is 0 Å². The van der Waals surface area contributed by atoms with Gasteiger partial charge < -0.3 is 10.5 Å². The third-order valence-corrected chi connectivity index (χ3v) is 4.17. The van der Waals surface area contributed by atoms with Crippen LogP contribution in [-0.4, -0.2) is 15.5 Å². The van der Waals surface area contributed by atoms with Gasteiger partial charge in [-0.3, -0.25) is 4.72 Å². The van der Waals surface area contributed by atoms with Crippen LogP contribution < -0.4 is 15.2 Å². The van der Waals surface area contributed by atoms with E-state index in [1.54, 1.807) is 24.3 Å². The fourth-order valence-corrected chi connectivity index (χ4v) is 3.03. The molecule has 2 aromatic rings. The van der Waals surface area contributed by atoms with Gasteiger partial charge in [0.2, 0.25) is 0 Å². The lowest BCUT2D eigenvalue weighted by Gasteiger charge is -2.13. The van der Waals surface area contributed by atoms with E-state index in [1.165, 1.54) is 25.3 Å². The molecule has 0 aromatic heterocycles. The maximum absolute atomic E-state index is 12.4. The van der Waals surface area contributed by atoms with Gasteiger partial charge in [0, 0.05) is 0 Å². The molecule has 7 heteroatoms. The average Bonchev–Trinajstić information content (AvgIpc) is 2.48. The molecule has 0 bridgehead atoms. The van der Waals surface area contributed by atoms with Gasteiger partial charge in [-0.1, -0.05) is 12.1 Å². The van der Waals surface area contributed by atoms with Crippen LogP contribution in [0.4, 0.5) is 11.4 Å². The average molecular weight is 303 g/mol. The number of sulfonamides is 1. The Morgan fingerprint density at radius 1 is 1.24 bits per heavy atom. The zero-order chi connectivity index (χ0) is 15.5. The van der Waals surface area contributed by atoms with Crippen molar-refractivity contribution in [1.29, 1.82) is 5.26 Å². The number of anilines is 2. The highest BCUT2D eigenvalue weighted by Crippen LogP contribution is 2.28. The summed E-state index contributed by atoms with van der Waals surface area (Å²) >= 11 is 0. The van der Waals surface area contributed by atoms with Crippen LogP contribution in [0.15, 0.2) is 47.4 Å². The molecule has 6 nitrogen and oxygen atoms in total. The summed E-state index contributed by atoms with van der Waals surface area (Å²) in [5.74, 6) is 0.149. The van der Waals surface area contributed by atoms with E-state index in [4.69, 9.17) is 15.7 Å². The number of nitriles is 1. The lowest BCUT2D eigenvalue weighted by Crippen LogP contribution is -2.15. The fourth-order valence-electron chi connectivity index (χ4n) is 1.75. The Balaban J connectivity index is 2.50. The molecule has 0 fully saturated rings. The summed E-state index contributed by atoms with van der Waals surface area (Å²) in [7, 11) is -2.56. The summed E-state index contributed by atoms with van der Waals surface area (Å²) in [5, 5.41) is 8.90. The van der Waals surface area contributed by atoms with Gasteiger partial charge in [0.05, 0.1) is 30.1 Å². The summed E-state index contributed by atoms with van der Waals surface area (Å²) in [5.41, 5.74) is 6.51. The van der Waals surface area contributed by atoms with Gasteiger partial charge in [-0.05, 0) is 30.3 Å². The molecule has 0 unspecified atom stereocenters. The minimum Gasteiger partial charge on any atom is -0.495 e. The number of rotatable bonds is 4. The predicted molar refractivity (Wildman–Crippen MR) is 79.4 cm³/mol. The molecule has 2 rings (SSSR count). The second-order valence-corrected chi connectivity index (χ2v) is 5.82. The summed E-state index contributed by atoms with van der Waals surface area (Å²) in [4.78, 5) is -0.118. The molecule has 0 spiro atoms. The van der Waals surface area contributed by atoms with Crippen molar-refractivity contribution in [3.63, 3.8) is 0 Å². The molecule has 0 saturated heterocycles. The summed E-state index contributed by atoms with van der Waals surface area (Å²) in [6.07, 6.45) is 0. The van der Waals surface area contributed by atoms with Crippen LogP contribution >= 0.6 is 0 Å². The van der Waals surface area contributed by atoms with Crippen molar-refractivity contribution in [3.8, 4) is 11.8 Å². The predicted octanol–water partition coefficient (Wildman–Crippen LogP) is 1.95. The van der Waals surface area contributed by atoms with E-state index in [0.29, 0.717) is 5.69 Å². The molecular weight excluding hydrogens is 290 g/mol. The minimum absolute atomic E-state index is 0.118. The number of hydrogen-bond donors (Lipinski definition) is 2. The second-order valence-electron chi connectivity index (χ2n) is 4.17. The maximum atomic E-state index is 12.4. The van der Waals surface area contributed by atoms with Gasteiger partial charge in [0.25, 0.3) is 10.0 Å². The maximum Gasteiger partial charge on any atom is 0.265 e. The van der Waals surface area contributed by atoms with Gasteiger partial charge in [-0.2, -0.15) is 5.26 Å². The standard InChI is InChI=1S/C14H13N3O3S/c1-20-13-7-6-10(9-15)8-14(13)21(18,19)17-12-5-3-2-4-11(12)16/h2-8,17H,16H2,1H3. The number of benzene rings is 2. The Labute approximate surface area is 122 Å². The quantitative estimate of drug-likeness (QED) is 0.840. The van der Waals surface area contributed by atoms with Crippen LogP contribution in [-0.2, 0) is 10.0 Å². The molecule has 21 heavy (non-hydrogen) atoms. The highest BCUT2D eigenvalue weighted by Gasteiger charge is 2.21. The molecule has 0 heterocycles. The molecule has 2 aromatic carbocycles. The monoisotopic (exact) mass is 303 g/mol. The Kier molecular flexibility index (Phi) is 4.00. The molecule has 0 amide bonds. The lowest BCUT2D eigenvalue weighted by atomic mass is 10.2. The first-order valence-electron chi connectivity index (χ1n) is 5.93. The van der Waals surface area contributed by atoms with Crippen molar-refractivity contribution in [2.75, 3.05) is 17.6 Å². The van der Waals surface area contributed by atoms with E-state index < -0.39 is 10.0 Å². The molecule has 3 N–H and O–H groups in total. The second kappa shape index (κ2) is 5.73. The largest absolute Gasteiger partial charge is 0.495 e. The smallest absolute Gasteiger partial charge is 0.265 e. The summed E-state index contributed by atoms with van der Waals surface area (Å²) in [6, 6.07) is 12.6. The highest BCUT2D eigenvalue weighted by atomic mass is 32.2. The number of nitrogens with zero attached hydrogens (tertiary/aromatic N) is 1. The van der Waals surface area contributed by atoms with Crippen molar-refractivity contribution in [2.24, 2.45) is 0 Å². The Morgan fingerprint density at radius 3 is 2.57 bits per heavy atom. The van der Waals surface area contributed by atoms with E-state index in [2.05, 4.69) is 4.72 Å². The zero-order valence-corrected chi connectivity index (χ0v) is 12.0. The van der Waals surface area contributed by atoms with Gasteiger partial charge >= 0.3 is 0 Å². The molecule has 0 aliphatic carbocycles. The first-order chi connectivity index (χ1) is 9.97. The molecule has 0 aliphatic heterocycles. The lowest BCUT2D eigenvalue weighted by molar-refractivity contribution is 0.403. The third-order valence-electron chi connectivity index (χ3n) is 2.79. The highest BCUT2D eigenvalue weighted by molar-refractivity contribution is 7.92. The zero-order valence-electron chi connectivity index (χ0n) is 11.2. The molecule has 0 aliphatic rings. The van der Waals surface area contributed by atoms with Crippen LogP contribution in [0.5, 0.6) is 5.75 Å². The minimum atomic E-state index is -3.92. The van der Waals surface area contributed by atoms with Crippen molar-refractivity contribution < 1.29 is 13.2 Å². The number of ether oxygens (including phenoxy) is 1. The van der Waals surface area contributed by atoms with Crippen LogP contribution in [0.3, 0.4) is 0 Å². The third kappa shape index (κ3) is 3.07. The van der Waals surface area contributed by atoms with Gasteiger partial charge in [0.15, 0.2) is 0 Å². The summed E-state index contributed by atoms with van der Waals surface area (Å²) < 4.78 is 32.3. The Bertz CT molecular complexity index is 810. The SMILES string of the molecule is COc1ccc(C#N)cc1S(=O)(=O)Nc1ccccc1N. The van der Waals surface area contributed by atoms with E-state index in [-0.39, 0.29) is 21.9 Å². The number of nitrogen functional groups attached to an aromatic ring is 1. The van der Waals surface area contributed by atoms with Crippen LogP contribution in [0, 0.1) is 11.3 Å². The van der Waals surface area contributed by atoms with E-state index in [1.807, 2.05) is 6.07 Å². The first kappa shape index (κ1) is 14.7. The summed E-state index contributed by atoms with van der Waals surface area (Å²) in [6.45, 7) is 0. The topological polar surface area (TPSA) is 105 Å². The van der Waals surface area contributed by atoms with E-state index in [0.717, 1.165) is 0 Å². The van der Waals surface area contributed by atoms with Crippen molar-refractivity contribution in [1.82, 2.24) is 0 Å². The van der Waals surface area contributed by atoms with E-state index in [9.17, 15) is 8.42 Å². The Morgan fingerprint density at radius 2 is 1.95 bits per heavy atom. The molecule has 0 radical (unpaired) electrons. The number of nitrogens with one attached hydrogen (secondary N) is 1. The Hall–Kier alpha value is -2.72. The number of methoxy groups -OCH3 is 1.